The number of hydrogen-bond donors (Lipinski definition) is 1. The summed E-state index contributed by atoms with van der Waals surface area (Å²) in [5, 5.41) is 0. The van der Waals surface area contributed by atoms with E-state index in [-0.39, 0.29) is 6.54 Å². The molecule has 0 saturated carbocycles. The van der Waals surface area contributed by atoms with E-state index in [1.54, 1.807) is 0 Å². The third-order valence-corrected chi connectivity index (χ3v) is 6.22. The number of aromatic nitrogens is 1. The third kappa shape index (κ3) is 4.02. The number of H-pyrrole nitrogens is 1. The number of benzene rings is 3. The van der Waals surface area contributed by atoms with E-state index in [9.17, 15) is 8.42 Å². The number of nitrogens with one attached hydrogen (secondary N) is 1. The molecule has 0 amide bonds. The highest BCUT2D eigenvalue weighted by atomic mass is 32.2. The summed E-state index contributed by atoms with van der Waals surface area (Å²) in [7, 11) is -3.53. The Hall–Kier alpha value is -3.31. The van der Waals surface area contributed by atoms with Gasteiger partial charge in [0.1, 0.15) is 5.82 Å². The first-order valence-electron chi connectivity index (χ1n) is 9.80. The zero-order valence-electron chi connectivity index (χ0n) is 17.0. The molecular formula is C25H24N2O2S. The van der Waals surface area contributed by atoms with Crippen molar-refractivity contribution in [1.82, 2.24) is 4.98 Å². The van der Waals surface area contributed by atoms with Crippen molar-refractivity contribution < 1.29 is 8.42 Å². The van der Waals surface area contributed by atoms with Crippen LogP contribution in [0.25, 0.3) is 22.3 Å². The molecule has 1 aromatic heterocycles. The van der Waals surface area contributed by atoms with E-state index in [1.165, 1.54) is 10.6 Å². The molecule has 4 rings (SSSR count). The van der Waals surface area contributed by atoms with Gasteiger partial charge in [-0.15, -0.1) is 0 Å². The Bertz CT molecular complexity index is 1230. The summed E-state index contributed by atoms with van der Waals surface area (Å²) in [6, 6.07) is 29.6. The predicted molar refractivity (Wildman–Crippen MR) is 124 cm³/mol. The molecule has 1 heterocycles. The van der Waals surface area contributed by atoms with Crippen LogP contribution in [0.5, 0.6) is 0 Å². The highest BCUT2D eigenvalue weighted by Gasteiger charge is 2.27. The van der Waals surface area contributed by atoms with E-state index in [4.69, 9.17) is 0 Å². The van der Waals surface area contributed by atoms with Gasteiger partial charge in [0.25, 0.3) is 0 Å². The Morgan fingerprint density at radius 3 is 1.70 bits per heavy atom. The number of sulfonamides is 1. The highest BCUT2D eigenvalue weighted by molar-refractivity contribution is 7.92. The highest BCUT2D eigenvalue weighted by Crippen LogP contribution is 2.43. The van der Waals surface area contributed by atoms with E-state index < -0.39 is 10.0 Å². The molecule has 4 aromatic rings. The molecule has 30 heavy (non-hydrogen) atoms. The average molecular weight is 417 g/mol. The Morgan fingerprint density at radius 1 is 0.733 bits per heavy atom. The number of nitrogens with zero attached hydrogens (tertiary/aromatic N) is 1. The summed E-state index contributed by atoms with van der Waals surface area (Å²) in [5.74, 6) is 0.587. The van der Waals surface area contributed by atoms with Crippen molar-refractivity contribution in [3.8, 4) is 22.3 Å². The molecule has 1 N–H and O–H groups in total. The van der Waals surface area contributed by atoms with Gasteiger partial charge in [-0.1, -0.05) is 91.0 Å². The molecule has 0 bridgehead atoms. The molecule has 152 valence electrons. The summed E-state index contributed by atoms with van der Waals surface area (Å²) >= 11 is 0. The van der Waals surface area contributed by atoms with Crippen molar-refractivity contribution in [1.29, 1.82) is 0 Å². The Labute approximate surface area is 177 Å². The largest absolute Gasteiger partial charge is 0.344 e. The molecule has 0 aliphatic heterocycles. The Kier molecular flexibility index (Phi) is 5.46. The first kappa shape index (κ1) is 20.0. The second kappa shape index (κ2) is 8.20. The SMILES string of the molecule is Cc1[nH]c(N(Cc2ccccc2)S(C)(=O)=O)c(-c2ccccc2)c1-c1ccccc1. The van der Waals surface area contributed by atoms with Crippen LogP contribution < -0.4 is 4.31 Å². The van der Waals surface area contributed by atoms with E-state index in [0.717, 1.165) is 33.5 Å². The number of hydrogen-bond acceptors (Lipinski definition) is 2. The van der Waals surface area contributed by atoms with Crippen LogP contribution in [0.15, 0.2) is 91.0 Å². The first-order chi connectivity index (χ1) is 14.4. The van der Waals surface area contributed by atoms with Gasteiger partial charge in [0.15, 0.2) is 0 Å². The number of aromatic amines is 1. The normalized spacial score (nSPS) is 11.4. The minimum Gasteiger partial charge on any atom is -0.344 e. The molecule has 0 saturated heterocycles. The van der Waals surface area contributed by atoms with Crippen molar-refractivity contribution in [3.63, 3.8) is 0 Å². The fourth-order valence-electron chi connectivity index (χ4n) is 3.76. The van der Waals surface area contributed by atoms with Gasteiger partial charge in [0.2, 0.25) is 10.0 Å². The Morgan fingerprint density at radius 2 is 1.20 bits per heavy atom. The van der Waals surface area contributed by atoms with Crippen molar-refractivity contribution >= 4 is 15.8 Å². The van der Waals surface area contributed by atoms with Crippen LogP contribution in [0.3, 0.4) is 0 Å². The number of aryl methyl sites for hydroxylation is 1. The maximum atomic E-state index is 12.9. The van der Waals surface area contributed by atoms with Crippen LogP contribution in [0.1, 0.15) is 11.3 Å². The lowest BCUT2D eigenvalue weighted by Gasteiger charge is -2.23. The summed E-state index contributed by atoms with van der Waals surface area (Å²) in [6.07, 6.45) is 1.25. The minimum absolute atomic E-state index is 0.258. The van der Waals surface area contributed by atoms with Gasteiger partial charge >= 0.3 is 0 Å². The second-order valence-electron chi connectivity index (χ2n) is 7.34. The second-order valence-corrected chi connectivity index (χ2v) is 9.24. The lowest BCUT2D eigenvalue weighted by molar-refractivity contribution is 0.596. The van der Waals surface area contributed by atoms with Crippen molar-refractivity contribution in [2.45, 2.75) is 13.5 Å². The number of rotatable bonds is 6. The first-order valence-corrected chi connectivity index (χ1v) is 11.6. The van der Waals surface area contributed by atoms with Crippen molar-refractivity contribution in [2.75, 3.05) is 10.6 Å². The van der Waals surface area contributed by atoms with Crippen molar-refractivity contribution in [3.05, 3.63) is 102 Å². The molecule has 0 radical (unpaired) electrons. The molecule has 0 spiro atoms. The lowest BCUT2D eigenvalue weighted by atomic mass is 9.96. The molecule has 0 aliphatic carbocycles. The van der Waals surface area contributed by atoms with Gasteiger partial charge in [-0.25, -0.2) is 8.42 Å². The molecule has 0 fully saturated rings. The quantitative estimate of drug-likeness (QED) is 0.443. The van der Waals surface area contributed by atoms with E-state index >= 15 is 0 Å². The van der Waals surface area contributed by atoms with E-state index in [2.05, 4.69) is 4.98 Å². The standard InChI is InChI=1S/C25H24N2O2S/c1-19-23(21-14-8-4-9-15-21)24(22-16-10-5-11-17-22)25(26-19)27(30(2,28)29)18-20-12-6-3-7-13-20/h3-17,26H,18H2,1-2H3. The molecule has 3 aromatic carbocycles. The predicted octanol–water partition coefficient (Wildman–Crippen LogP) is 5.62. The topological polar surface area (TPSA) is 53.2 Å². The molecule has 5 heteroatoms. The average Bonchev–Trinajstić information content (AvgIpc) is 3.09. The summed E-state index contributed by atoms with van der Waals surface area (Å²) in [4.78, 5) is 3.38. The fraction of sp³-hybridized carbons (Fsp3) is 0.120. The van der Waals surface area contributed by atoms with Crippen LogP contribution in [-0.4, -0.2) is 19.7 Å². The maximum Gasteiger partial charge on any atom is 0.233 e. The van der Waals surface area contributed by atoms with Gasteiger partial charge in [-0.3, -0.25) is 4.31 Å². The zero-order chi connectivity index (χ0) is 21.1. The summed E-state index contributed by atoms with van der Waals surface area (Å²) in [6.45, 7) is 2.24. The molecular weight excluding hydrogens is 392 g/mol. The van der Waals surface area contributed by atoms with Crippen LogP contribution in [0, 0.1) is 6.92 Å². The Balaban J connectivity index is 1.96. The van der Waals surface area contributed by atoms with Gasteiger partial charge in [-0.2, -0.15) is 0 Å². The smallest absolute Gasteiger partial charge is 0.233 e. The fourth-order valence-corrected chi connectivity index (χ4v) is 4.61. The monoisotopic (exact) mass is 416 g/mol. The van der Waals surface area contributed by atoms with Gasteiger partial charge in [0.05, 0.1) is 12.8 Å². The minimum atomic E-state index is -3.53. The lowest BCUT2D eigenvalue weighted by Crippen LogP contribution is -2.30. The summed E-state index contributed by atoms with van der Waals surface area (Å²) in [5.41, 5.74) is 5.77. The summed E-state index contributed by atoms with van der Waals surface area (Å²) < 4.78 is 27.2. The van der Waals surface area contributed by atoms with Crippen LogP contribution in [0.2, 0.25) is 0 Å². The molecule has 4 nitrogen and oxygen atoms in total. The van der Waals surface area contributed by atoms with Crippen molar-refractivity contribution in [2.24, 2.45) is 0 Å². The zero-order valence-corrected chi connectivity index (χ0v) is 17.9. The maximum absolute atomic E-state index is 12.9. The van der Waals surface area contributed by atoms with Crippen LogP contribution in [-0.2, 0) is 16.6 Å². The van der Waals surface area contributed by atoms with Crippen LogP contribution in [0.4, 0.5) is 5.82 Å². The number of anilines is 1. The van der Waals surface area contributed by atoms with E-state index in [1.807, 2.05) is 97.9 Å². The molecule has 0 atom stereocenters. The third-order valence-electron chi connectivity index (χ3n) is 5.11. The molecule has 0 unspecified atom stereocenters. The van der Waals surface area contributed by atoms with Gasteiger partial charge < -0.3 is 4.98 Å². The van der Waals surface area contributed by atoms with Gasteiger partial charge in [0, 0.05) is 16.8 Å². The van der Waals surface area contributed by atoms with Crippen LogP contribution >= 0.6 is 0 Å². The van der Waals surface area contributed by atoms with Gasteiger partial charge in [-0.05, 0) is 23.6 Å². The molecule has 0 aliphatic rings. The van der Waals surface area contributed by atoms with E-state index in [0.29, 0.717) is 5.82 Å².